The lowest BCUT2D eigenvalue weighted by Gasteiger charge is -2.23. The molecule has 136 valence electrons. The molecule has 0 saturated carbocycles. The second-order valence-electron chi connectivity index (χ2n) is 6.84. The number of hydrogen-bond donors (Lipinski definition) is 0. The highest BCUT2D eigenvalue weighted by molar-refractivity contribution is 5.51. The lowest BCUT2D eigenvalue weighted by atomic mass is 10.0. The Hall–Kier alpha value is -2.54. The van der Waals surface area contributed by atoms with E-state index in [1.165, 1.54) is 23.4 Å². The average molecular weight is 355 g/mol. The second-order valence-corrected chi connectivity index (χ2v) is 6.84. The van der Waals surface area contributed by atoms with Crippen LogP contribution in [0.25, 0.3) is 11.5 Å². The fourth-order valence-corrected chi connectivity index (χ4v) is 3.81. The van der Waals surface area contributed by atoms with Crippen LogP contribution < -0.4 is 0 Å². The standard InChI is InChI=1S/C19H22FN5O/c1-12-18(13(2)24(3)23-12)16-5-4-10-25(16)11-17-21-22-19(26-17)14-6-8-15(20)9-7-14/h6-9,16H,4-5,10-11H2,1-3H3. The van der Waals surface area contributed by atoms with Gasteiger partial charge in [0.2, 0.25) is 11.8 Å². The Bertz CT molecular complexity index is 915. The summed E-state index contributed by atoms with van der Waals surface area (Å²) in [6, 6.07) is 6.40. The summed E-state index contributed by atoms with van der Waals surface area (Å²) in [7, 11) is 1.98. The van der Waals surface area contributed by atoms with Crippen molar-refractivity contribution in [1.82, 2.24) is 24.9 Å². The van der Waals surface area contributed by atoms with Crippen LogP contribution in [-0.4, -0.2) is 31.4 Å². The molecule has 6 nitrogen and oxygen atoms in total. The van der Waals surface area contributed by atoms with Gasteiger partial charge in [0.15, 0.2) is 0 Å². The maximum Gasteiger partial charge on any atom is 0.247 e. The lowest BCUT2D eigenvalue weighted by Crippen LogP contribution is -2.23. The van der Waals surface area contributed by atoms with Crippen molar-refractivity contribution in [2.45, 2.75) is 39.3 Å². The van der Waals surface area contributed by atoms with Gasteiger partial charge in [0, 0.05) is 29.9 Å². The van der Waals surface area contributed by atoms with E-state index in [-0.39, 0.29) is 5.82 Å². The third-order valence-corrected chi connectivity index (χ3v) is 5.16. The summed E-state index contributed by atoms with van der Waals surface area (Å²) in [4.78, 5) is 2.37. The molecule has 0 amide bonds. The van der Waals surface area contributed by atoms with E-state index in [1.54, 1.807) is 12.1 Å². The Morgan fingerprint density at radius 2 is 1.96 bits per heavy atom. The molecule has 1 saturated heterocycles. The van der Waals surface area contributed by atoms with Crippen molar-refractivity contribution in [2.75, 3.05) is 6.54 Å². The quantitative estimate of drug-likeness (QED) is 0.716. The molecular formula is C19H22FN5O. The van der Waals surface area contributed by atoms with E-state index in [0.29, 0.717) is 24.4 Å². The van der Waals surface area contributed by atoms with Crippen LogP contribution in [0.3, 0.4) is 0 Å². The molecule has 0 bridgehead atoms. The van der Waals surface area contributed by atoms with E-state index in [9.17, 15) is 4.39 Å². The van der Waals surface area contributed by atoms with Crippen molar-refractivity contribution in [3.63, 3.8) is 0 Å². The first-order valence-electron chi connectivity index (χ1n) is 8.85. The minimum atomic E-state index is -0.282. The maximum atomic E-state index is 13.1. The summed E-state index contributed by atoms with van der Waals surface area (Å²) >= 11 is 0. The molecule has 1 aliphatic rings. The van der Waals surface area contributed by atoms with E-state index >= 15 is 0 Å². The zero-order valence-electron chi connectivity index (χ0n) is 15.2. The van der Waals surface area contributed by atoms with Crippen LogP contribution in [0.2, 0.25) is 0 Å². The lowest BCUT2D eigenvalue weighted by molar-refractivity contribution is 0.223. The molecule has 0 radical (unpaired) electrons. The molecule has 3 aromatic rings. The van der Waals surface area contributed by atoms with E-state index in [2.05, 4.69) is 34.0 Å². The minimum absolute atomic E-state index is 0.282. The highest BCUT2D eigenvalue weighted by atomic mass is 19.1. The Kier molecular flexibility index (Phi) is 4.32. The summed E-state index contributed by atoms with van der Waals surface area (Å²) in [5.74, 6) is 0.718. The van der Waals surface area contributed by atoms with Crippen LogP contribution >= 0.6 is 0 Å². The molecule has 0 aliphatic carbocycles. The molecule has 1 aliphatic heterocycles. The van der Waals surface area contributed by atoms with Gasteiger partial charge in [-0.25, -0.2) is 4.39 Å². The maximum absolute atomic E-state index is 13.1. The van der Waals surface area contributed by atoms with E-state index < -0.39 is 0 Å². The number of aromatic nitrogens is 4. The number of nitrogens with zero attached hydrogens (tertiary/aromatic N) is 5. The van der Waals surface area contributed by atoms with Crippen LogP contribution in [-0.2, 0) is 13.6 Å². The molecule has 0 spiro atoms. The fraction of sp³-hybridized carbons (Fsp3) is 0.421. The Balaban J connectivity index is 1.54. The van der Waals surface area contributed by atoms with Crippen LogP contribution in [0, 0.1) is 19.7 Å². The van der Waals surface area contributed by atoms with Crippen molar-refractivity contribution < 1.29 is 8.81 Å². The summed E-state index contributed by atoms with van der Waals surface area (Å²) in [5, 5.41) is 12.9. The smallest absolute Gasteiger partial charge is 0.247 e. The van der Waals surface area contributed by atoms with Crippen molar-refractivity contribution in [1.29, 1.82) is 0 Å². The second kappa shape index (κ2) is 6.64. The van der Waals surface area contributed by atoms with Crippen LogP contribution in [0.5, 0.6) is 0 Å². The number of benzene rings is 1. The molecule has 1 fully saturated rings. The van der Waals surface area contributed by atoms with Gasteiger partial charge in [-0.1, -0.05) is 0 Å². The Morgan fingerprint density at radius 3 is 2.65 bits per heavy atom. The molecule has 1 unspecified atom stereocenters. The number of rotatable bonds is 4. The molecule has 1 atom stereocenters. The number of likely N-dealkylation sites (tertiary alicyclic amines) is 1. The zero-order valence-corrected chi connectivity index (χ0v) is 15.2. The van der Waals surface area contributed by atoms with Crippen LogP contribution in [0.1, 0.15) is 41.7 Å². The largest absolute Gasteiger partial charge is 0.419 e. The minimum Gasteiger partial charge on any atom is -0.419 e. The number of halogens is 1. The predicted octanol–water partition coefficient (Wildman–Crippen LogP) is 3.56. The van der Waals surface area contributed by atoms with Crippen molar-refractivity contribution in [2.24, 2.45) is 7.05 Å². The topological polar surface area (TPSA) is 60.0 Å². The van der Waals surface area contributed by atoms with Crippen molar-refractivity contribution >= 4 is 0 Å². The van der Waals surface area contributed by atoms with E-state index in [4.69, 9.17) is 4.42 Å². The third-order valence-electron chi connectivity index (χ3n) is 5.16. The Labute approximate surface area is 151 Å². The molecule has 7 heteroatoms. The molecule has 4 rings (SSSR count). The summed E-state index contributed by atoms with van der Waals surface area (Å²) in [6.45, 7) is 5.78. The van der Waals surface area contributed by atoms with Crippen LogP contribution in [0.15, 0.2) is 28.7 Å². The molecule has 0 N–H and O–H groups in total. The van der Waals surface area contributed by atoms with Gasteiger partial charge in [-0.15, -0.1) is 10.2 Å². The SMILES string of the molecule is Cc1nn(C)c(C)c1C1CCCN1Cc1nnc(-c2ccc(F)cc2)o1. The summed E-state index contributed by atoms with van der Waals surface area (Å²) in [6.07, 6.45) is 2.24. The van der Waals surface area contributed by atoms with Gasteiger partial charge in [0.05, 0.1) is 12.2 Å². The summed E-state index contributed by atoms with van der Waals surface area (Å²) in [5.41, 5.74) is 4.32. The first-order valence-corrected chi connectivity index (χ1v) is 8.85. The monoisotopic (exact) mass is 355 g/mol. The van der Waals surface area contributed by atoms with Gasteiger partial charge in [0.25, 0.3) is 0 Å². The summed E-state index contributed by atoms with van der Waals surface area (Å²) < 4.78 is 20.8. The van der Waals surface area contributed by atoms with Gasteiger partial charge in [-0.05, 0) is 57.5 Å². The molecule has 26 heavy (non-hydrogen) atoms. The van der Waals surface area contributed by atoms with Gasteiger partial charge < -0.3 is 4.42 Å². The van der Waals surface area contributed by atoms with E-state index in [0.717, 1.165) is 30.6 Å². The first-order chi connectivity index (χ1) is 12.5. The molecular weight excluding hydrogens is 333 g/mol. The molecule has 1 aromatic carbocycles. The highest BCUT2D eigenvalue weighted by Crippen LogP contribution is 2.36. The average Bonchev–Trinajstić information content (AvgIpc) is 3.31. The van der Waals surface area contributed by atoms with E-state index in [1.807, 2.05) is 11.7 Å². The highest BCUT2D eigenvalue weighted by Gasteiger charge is 2.31. The van der Waals surface area contributed by atoms with Gasteiger partial charge >= 0.3 is 0 Å². The molecule has 2 aromatic heterocycles. The predicted molar refractivity (Wildman–Crippen MR) is 94.8 cm³/mol. The normalized spacial score (nSPS) is 17.9. The fourth-order valence-electron chi connectivity index (χ4n) is 3.81. The number of aryl methyl sites for hydroxylation is 2. The van der Waals surface area contributed by atoms with Gasteiger partial charge in [0.1, 0.15) is 5.82 Å². The van der Waals surface area contributed by atoms with Crippen LogP contribution in [0.4, 0.5) is 4.39 Å². The van der Waals surface area contributed by atoms with Gasteiger partial charge in [-0.2, -0.15) is 5.10 Å². The van der Waals surface area contributed by atoms with Crippen molar-refractivity contribution in [3.05, 3.63) is 52.9 Å². The molecule has 3 heterocycles. The number of hydrogen-bond acceptors (Lipinski definition) is 5. The van der Waals surface area contributed by atoms with Crippen molar-refractivity contribution in [3.8, 4) is 11.5 Å². The first kappa shape index (κ1) is 16.9. The zero-order chi connectivity index (χ0) is 18.3. The van der Waals surface area contributed by atoms with Gasteiger partial charge in [-0.3, -0.25) is 9.58 Å². The Morgan fingerprint density at radius 1 is 1.19 bits per heavy atom. The third kappa shape index (κ3) is 3.03.